The highest BCUT2D eigenvalue weighted by Crippen LogP contribution is 2.12. The van der Waals surface area contributed by atoms with Gasteiger partial charge in [-0.2, -0.15) is 0 Å². The highest BCUT2D eigenvalue weighted by molar-refractivity contribution is 5.79. The van der Waals surface area contributed by atoms with Crippen LogP contribution in [-0.2, 0) is 11.2 Å². The molecule has 1 unspecified atom stereocenters. The molecule has 0 saturated carbocycles. The molecule has 0 radical (unpaired) electrons. The molecule has 0 spiro atoms. The number of aromatic hydroxyl groups is 1. The highest BCUT2D eigenvalue weighted by atomic mass is 16.3. The van der Waals surface area contributed by atoms with Crippen molar-refractivity contribution in [2.75, 3.05) is 6.61 Å². The molecule has 1 rings (SSSR count). The van der Waals surface area contributed by atoms with Gasteiger partial charge in [-0.05, 0) is 31.0 Å². The number of phenols is 1. The van der Waals surface area contributed by atoms with Gasteiger partial charge in [0.25, 0.3) is 0 Å². The van der Waals surface area contributed by atoms with Gasteiger partial charge >= 0.3 is 0 Å². The van der Waals surface area contributed by atoms with E-state index in [1.807, 2.05) is 6.92 Å². The molecular formula is C13H19NO3. The van der Waals surface area contributed by atoms with Gasteiger partial charge in [-0.1, -0.05) is 19.1 Å². The number of hydrogen-bond donors (Lipinski definition) is 3. The molecule has 4 nitrogen and oxygen atoms in total. The summed E-state index contributed by atoms with van der Waals surface area (Å²) in [5, 5.41) is 21.3. The van der Waals surface area contributed by atoms with Crippen LogP contribution in [0.2, 0.25) is 0 Å². The van der Waals surface area contributed by atoms with Crippen LogP contribution in [0.25, 0.3) is 0 Å². The Labute approximate surface area is 101 Å². The number of nitrogens with one attached hydrogen (secondary N) is 1. The monoisotopic (exact) mass is 237 g/mol. The molecule has 0 heterocycles. The van der Waals surface area contributed by atoms with Crippen molar-refractivity contribution < 1.29 is 15.0 Å². The number of benzene rings is 1. The molecule has 1 amide bonds. The van der Waals surface area contributed by atoms with Crippen LogP contribution in [-0.4, -0.2) is 28.3 Å². The minimum absolute atomic E-state index is 0.0880. The number of phenolic OH excluding ortho intramolecular Hbond substituents is 1. The summed E-state index contributed by atoms with van der Waals surface area (Å²) in [4.78, 5) is 11.8. The van der Waals surface area contributed by atoms with Crippen molar-refractivity contribution in [1.82, 2.24) is 5.32 Å². The zero-order valence-corrected chi connectivity index (χ0v) is 10.2. The van der Waals surface area contributed by atoms with E-state index in [1.165, 1.54) is 0 Å². The number of aliphatic hydroxyl groups is 1. The standard InChI is InChI=1S/C13H19NO3/c1-3-13(2,9-15)14-12(17)8-10-5-4-6-11(16)7-10/h4-7,15-16H,3,8-9H2,1-2H3,(H,14,17). The molecule has 0 aliphatic rings. The fourth-order valence-electron chi connectivity index (χ4n) is 1.47. The summed E-state index contributed by atoms with van der Waals surface area (Å²) in [5.41, 5.74) is 0.173. The average Bonchev–Trinajstić information content (AvgIpc) is 2.28. The lowest BCUT2D eigenvalue weighted by Crippen LogP contribution is -2.48. The third-order valence-electron chi connectivity index (χ3n) is 2.85. The minimum atomic E-state index is -0.575. The van der Waals surface area contributed by atoms with E-state index in [0.717, 1.165) is 5.56 Å². The number of rotatable bonds is 5. The molecule has 4 heteroatoms. The van der Waals surface area contributed by atoms with E-state index in [9.17, 15) is 15.0 Å². The van der Waals surface area contributed by atoms with Gasteiger partial charge in [0.2, 0.25) is 5.91 Å². The van der Waals surface area contributed by atoms with Gasteiger partial charge in [0, 0.05) is 0 Å². The van der Waals surface area contributed by atoms with Crippen LogP contribution in [0.15, 0.2) is 24.3 Å². The molecule has 0 fully saturated rings. The normalized spacial score (nSPS) is 14.1. The van der Waals surface area contributed by atoms with Crippen LogP contribution in [0, 0.1) is 0 Å². The van der Waals surface area contributed by atoms with E-state index < -0.39 is 5.54 Å². The zero-order chi connectivity index (χ0) is 12.9. The summed E-state index contributed by atoms with van der Waals surface area (Å²) < 4.78 is 0. The van der Waals surface area contributed by atoms with E-state index in [0.29, 0.717) is 6.42 Å². The molecule has 0 aliphatic heterocycles. The first-order valence-corrected chi connectivity index (χ1v) is 5.69. The summed E-state index contributed by atoms with van der Waals surface area (Å²) in [6, 6.07) is 6.59. The Morgan fingerprint density at radius 3 is 2.71 bits per heavy atom. The zero-order valence-electron chi connectivity index (χ0n) is 10.2. The second kappa shape index (κ2) is 5.68. The lowest BCUT2D eigenvalue weighted by molar-refractivity contribution is -0.122. The average molecular weight is 237 g/mol. The fourth-order valence-corrected chi connectivity index (χ4v) is 1.47. The van der Waals surface area contributed by atoms with Crippen LogP contribution in [0.4, 0.5) is 0 Å². The van der Waals surface area contributed by atoms with Gasteiger partial charge in [0.05, 0.1) is 18.6 Å². The molecular weight excluding hydrogens is 218 g/mol. The van der Waals surface area contributed by atoms with Crippen molar-refractivity contribution in [3.63, 3.8) is 0 Å². The molecule has 1 aromatic carbocycles. The summed E-state index contributed by atoms with van der Waals surface area (Å²) in [5.74, 6) is -0.00953. The Hall–Kier alpha value is -1.55. The van der Waals surface area contributed by atoms with Gasteiger partial charge in [-0.25, -0.2) is 0 Å². The Kier molecular flexibility index (Phi) is 4.52. The van der Waals surface area contributed by atoms with Gasteiger partial charge in [0.15, 0.2) is 0 Å². The van der Waals surface area contributed by atoms with E-state index in [-0.39, 0.29) is 24.7 Å². The van der Waals surface area contributed by atoms with Crippen LogP contribution >= 0.6 is 0 Å². The van der Waals surface area contributed by atoms with Gasteiger partial charge in [-0.3, -0.25) is 4.79 Å². The summed E-state index contributed by atoms with van der Waals surface area (Å²) >= 11 is 0. The Morgan fingerprint density at radius 1 is 1.47 bits per heavy atom. The van der Waals surface area contributed by atoms with Crippen molar-refractivity contribution in [3.8, 4) is 5.75 Å². The second-order valence-electron chi connectivity index (χ2n) is 4.47. The van der Waals surface area contributed by atoms with E-state index in [2.05, 4.69) is 5.32 Å². The Morgan fingerprint density at radius 2 is 2.18 bits per heavy atom. The quantitative estimate of drug-likeness (QED) is 0.721. The van der Waals surface area contributed by atoms with Gasteiger partial charge < -0.3 is 15.5 Å². The smallest absolute Gasteiger partial charge is 0.224 e. The predicted octanol–water partition coefficient (Wildman–Crippen LogP) is 1.21. The second-order valence-corrected chi connectivity index (χ2v) is 4.47. The third-order valence-corrected chi connectivity index (χ3v) is 2.85. The van der Waals surface area contributed by atoms with Gasteiger partial charge in [0.1, 0.15) is 5.75 Å². The third kappa shape index (κ3) is 4.07. The number of aliphatic hydroxyl groups excluding tert-OH is 1. The first-order valence-electron chi connectivity index (χ1n) is 5.69. The summed E-state index contributed by atoms with van der Waals surface area (Å²) in [7, 11) is 0. The van der Waals surface area contributed by atoms with Gasteiger partial charge in [-0.15, -0.1) is 0 Å². The molecule has 1 aromatic rings. The lowest BCUT2D eigenvalue weighted by Gasteiger charge is -2.27. The first kappa shape index (κ1) is 13.5. The van der Waals surface area contributed by atoms with E-state index >= 15 is 0 Å². The minimum Gasteiger partial charge on any atom is -0.508 e. The lowest BCUT2D eigenvalue weighted by atomic mass is 9.99. The Bertz CT molecular complexity index is 386. The molecule has 0 saturated heterocycles. The summed E-state index contributed by atoms with van der Waals surface area (Å²) in [6.45, 7) is 3.62. The Balaban J connectivity index is 2.61. The molecule has 94 valence electrons. The maximum atomic E-state index is 11.8. The molecule has 17 heavy (non-hydrogen) atoms. The van der Waals surface area contributed by atoms with Crippen LogP contribution in [0.1, 0.15) is 25.8 Å². The van der Waals surface area contributed by atoms with Crippen molar-refractivity contribution in [1.29, 1.82) is 0 Å². The van der Waals surface area contributed by atoms with Crippen molar-refractivity contribution >= 4 is 5.91 Å². The largest absolute Gasteiger partial charge is 0.508 e. The highest BCUT2D eigenvalue weighted by Gasteiger charge is 2.22. The maximum Gasteiger partial charge on any atom is 0.224 e. The first-order chi connectivity index (χ1) is 7.99. The maximum absolute atomic E-state index is 11.8. The van der Waals surface area contributed by atoms with Crippen molar-refractivity contribution in [2.24, 2.45) is 0 Å². The predicted molar refractivity (Wildman–Crippen MR) is 65.7 cm³/mol. The SMILES string of the molecule is CCC(C)(CO)NC(=O)Cc1cccc(O)c1. The molecule has 0 aliphatic carbocycles. The molecule has 3 N–H and O–H groups in total. The van der Waals surface area contributed by atoms with Crippen molar-refractivity contribution in [3.05, 3.63) is 29.8 Å². The number of amides is 1. The molecule has 0 bridgehead atoms. The van der Waals surface area contributed by atoms with Crippen LogP contribution < -0.4 is 5.32 Å². The number of hydrogen-bond acceptors (Lipinski definition) is 3. The summed E-state index contributed by atoms with van der Waals surface area (Å²) in [6.07, 6.45) is 0.860. The van der Waals surface area contributed by atoms with E-state index in [4.69, 9.17) is 0 Å². The van der Waals surface area contributed by atoms with Crippen LogP contribution in [0.5, 0.6) is 5.75 Å². The number of carbonyl (C=O) groups is 1. The number of carbonyl (C=O) groups excluding carboxylic acids is 1. The fraction of sp³-hybridized carbons (Fsp3) is 0.462. The topological polar surface area (TPSA) is 69.6 Å². The van der Waals surface area contributed by atoms with E-state index in [1.54, 1.807) is 31.2 Å². The van der Waals surface area contributed by atoms with Crippen molar-refractivity contribution in [2.45, 2.75) is 32.2 Å². The molecule has 1 atom stereocenters. The molecule has 0 aromatic heterocycles. The van der Waals surface area contributed by atoms with Crippen LogP contribution in [0.3, 0.4) is 0 Å².